The summed E-state index contributed by atoms with van der Waals surface area (Å²) in [5.41, 5.74) is 9.46. The number of hydrogen-bond donors (Lipinski definition) is 3. The average molecular weight is 431 g/mol. The van der Waals surface area contributed by atoms with E-state index >= 15 is 0 Å². The van der Waals surface area contributed by atoms with Gasteiger partial charge in [0.05, 0.1) is 6.61 Å². The monoisotopic (exact) mass is 430 g/mol. The number of nitrogens with two attached hydrogens (primary N) is 1. The SMILES string of the molecule is COCc1cc(CC(C)(C)OC(N)=O)ccc1Oc1ccc(NC(=O)NN(C)C)cc1. The molecule has 2 rings (SSSR count). The van der Waals surface area contributed by atoms with Crippen molar-refractivity contribution in [1.29, 1.82) is 0 Å². The first-order valence-electron chi connectivity index (χ1n) is 9.70. The van der Waals surface area contributed by atoms with Gasteiger partial charge < -0.3 is 25.3 Å². The highest BCUT2D eigenvalue weighted by Crippen LogP contribution is 2.29. The van der Waals surface area contributed by atoms with Gasteiger partial charge in [-0.3, -0.25) is 5.43 Å². The molecule has 0 fully saturated rings. The quantitative estimate of drug-likeness (QED) is 0.523. The Bertz CT molecular complexity index is 897. The largest absolute Gasteiger partial charge is 0.457 e. The third kappa shape index (κ3) is 8.15. The van der Waals surface area contributed by atoms with Gasteiger partial charge in [-0.1, -0.05) is 6.07 Å². The minimum Gasteiger partial charge on any atom is -0.457 e. The Morgan fingerprint density at radius 2 is 1.77 bits per heavy atom. The van der Waals surface area contributed by atoms with Gasteiger partial charge in [0.25, 0.3) is 0 Å². The van der Waals surface area contributed by atoms with Crippen molar-refractivity contribution in [3.05, 3.63) is 53.6 Å². The van der Waals surface area contributed by atoms with E-state index in [1.54, 1.807) is 64.3 Å². The van der Waals surface area contributed by atoms with E-state index in [1.807, 2.05) is 18.2 Å². The van der Waals surface area contributed by atoms with E-state index in [0.29, 0.717) is 30.2 Å². The van der Waals surface area contributed by atoms with E-state index in [4.69, 9.17) is 19.9 Å². The molecule has 0 saturated heterocycles. The molecule has 0 heterocycles. The zero-order chi connectivity index (χ0) is 23.0. The summed E-state index contributed by atoms with van der Waals surface area (Å²) in [5.74, 6) is 1.26. The van der Waals surface area contributed by atoms with Gasteiger partial charge >= 0.3 is 12.1 Å². The summed E-state index contributed by atoms with van der Waals surface area (Å²) >= 11 is 0. The van der Waals surface area contributed by atoms with Crippen LogP contribution in [-0.2, 0) is 22.5 Å². The molecule has 0 aliphatic carbocycles. The second kappa shape index (κ2) is 10.6. The maximum absolute atomic E-state index is 11.8. The molecule has 0 spiro atoms. The van der Waals surface area contributed by atoms with Crippen LogP contribution in [0.25, 0.3) is 0 Å². The summed E-state index contributed by atoms with van der Waals surface area (Å²) in [6.45, 7) is 3.95. The van der Waals surface area contributed by atoms with Crippen molar-refractivity contribution in [3.63, 3.8) is 0 Å². The normalized spacial score (nSPS) is 11.2. The van der Waals surface area contributed by atoms with Crippen LogP contribution in [0.5, 0.6) is 11.5 Å². The maximum atomic E-state index is 11.8. The zero-order valence-corrected chi connectivity index (χ0v) is 18.5. The van der Waals surface area contributed by atoms with Gasteiger partial charge in [0.2, 0.25) is 0 Å². The summed E-state index contributed by atoms with van der Waals surface area (Å²) in [6, 6.07) is 12.4. The predicted octanol–water partition coefficient (Wildman–Crippen LogP) is 3.64. The van der Waals surface area contributed by atoms with Crippen molar-refractivity contribution in [2.24, 2.45) is 5.73 Å². The molecule has 0 bridgehead atoms. The Hall–Kier alpha value is -3.30. The smallest absolute Gasteiger partial charge is 0.405 e. The van der Waals surface area contributed by atoms with Gasteiger partial charge in [-0.2, -0.15) is 0 Å². The van der Waals surface area contributed by atoms with Gasteiger partial charge in [0.15, 0.2) is 0 Å². The Morgan fingerprint density at radius 3 is 2.35 bits per heavy atom. The Balaban J connectivity index is 2.11. The number of anilines is 1. The number of urea groups is 1. The van der Waals surface area contributed by atoms with Crippen LogP contribution in [0, 0.1) is 0 Å². The van der Waals surface area contributed by atoms with Crippen molar-refractivity contribution in [3.8, 4) is 11.5 Å². The molecule has 9 heteroatoms. The van der Waals surface area contributed by atoms with Crippen LogP contribution >= 0.6 is 0 Å². The first kappa shape index (κ1) is 24.0. The molecular weight excluding hydrogens is 400 g/mol. The third-order valence-corrected chi connectivity index (χ3v) is 4.10. The minimum atomic E-state index is -0.806. The molecular formula is C22H30N4O5. The predicted molar refractivity (Wildman–Crippen MR) is 118 cm³/mol. The average Bonchev–Trinajstić information content (AvgIpc) is 2.63. The highest BCUT2D eigenvalue weighted by Gasteiger charge is 2.23. The molecule has 0 radical (unpaired) electrons. The van der Waals surface area contributed by atoms with E-state index < -0.39 is 11.7 Å². The fourth-order valence-electron chi connectivity index (χ4n) is 3.01. The lowest BCUT2D eigenvalue weighted by atomic mass is 9.97. The van der Waals surface area contributed by atoms with Crippen LogP contribution in [0.15, 0.2) is 42.5 Å². The summed E-state index contributed by atoms with van der Waals surface area (Å²) in [4.78, 5) is 22.9. The number of hydrogen-bond acceptors (Lipinski definition) is 6. The summed E-state index contributed by atoms with van der Waals surface area (Å²) in [5, 5.41) is 4.28. The molecule has 0 unspecified atom stereocenters. The number of benzene rings is 2. The lowest BCUT2D eigenvalue weighted by molar-refractivity contribution is 0.0460. The van der Waals surface area contributed by atoms with Crippen LogP contribution < -0.4 is 21.2 Å². The number of hydrazine groups is 1. The second-order valence-electron chi connectivity index (χ2n) is 7.82. The molecule has 3 amide bonds. The van der Waals surface area contributed by atoms with Gasteiger partial charge in [-0.15, -0.1) is 0 Å². The molecule has 0 aromatic heterocycles. The van der Waals surface area contributed by atoms with Crippen molar-refractivity contribution in [2.75, 3.05) is 26.5 Å². The minimum absolute atomic E-state index is 0.333. The van der Waals surface area contributed by atoms with E-state index in [0.717, 1.165) is 11.1 Å². The highest BCUT2D eigenvalue weighted by molar-refractivity contribution is 5.88. The molecule has 0 atom stereocenters. The molecule has 2 aromatic rings. The molecule has 2 aromatic carbocycles. The number of rotatable bonds is 9. The van der Waals surface area contributed by atoms with Crippen molar-refractivity contribution >= 4 is 17.8 Å². The highest BCUT2D eigenvalue weighted by atomic mass is 16.6. The standard InChI is InChI=1S/C22H30N4O5/c1-22(2,31-20(23)27)13-15-6-11-19(16(12-15)14-29-5)30-18-9-7-17(8-10-18)24-21(28)25-26(3)4/h6-12H,13-14H2,1-5H3,(H2,23,27)(H2,24,25,28). The fourth-order valence-corrected chi connectivity index (χ4v) is 3.01. The van der Waals surface area contributed by atoms with Gasteiger partial charge in [-0.05, 0) is 55.8 Å². The number of carbonyl (C=O) groups is 2. The van der Waals surface area contributed by atoms with Gasteiger partial charge in [0, 0.05) is 38.9 Å². The summed E-state index contributed by atoms with van der Waals surface area (Å²) in [6.07, 6.45) is -0.318. The van der Waals surface area contributed by atoms with Crippen molar-refractivity contribution in [2.45, 2.75) is 32.5 Å². The van der Waals surface area contributed by atoms with Crippen molar-refractivity contribution < 1.29 is 23.8 Å². The van der Waals surface area contributed by atoms with Crippen LogP contribution in [0.1, 0.15) is 25.0 Å². The molecule has 4 N–H and O–H groups in total. The topological polar surface area (TPSA) is 115 Å². The molecule has 9 nitrogen and oxygen atoms in total. The first-order chi connectivity index (χ1) is 14.6. The molecule has 31 heavy (non-hydrogen) atoms. The fraction of sp³-hybridized carbons (Fsp3) is 0.364. The lowest BCUT2D eigenvalue weighted by Gasteiger charge is -2.24. The molecule has 168 valence electrons. The third-order valence-electron chi connectivity index (χ3n) is 4.10. The van der Waals surface area contributed by atoms with Gasteiger partial charge in [-0.25, -0.2) is 14.6 Å². The van der Waals surface area contributed by atoms with E-state index in [1.165, 1.54) is 0 Å². The van der Waals surface area contributed by atoms with Gasteiger partial charge in [0.1, 0.15) is 17.1 Å². The molecule has 0 saturated carbocycles. The van der Waals surface area contributed by atoms with Crippen LogP contribution in [-0.4, -0.2) is 43.9 Å². The number of amides is 3. The Labute approximate surface area is 182 Å². The number of nitrogens with zero attached hydrogens (tertiary/aromatic N) is 1. The van der Waals surface area contributed by atoms with Crippen LogP contribution in [0.2, 0.25) is 0 Å². The molecule has 0 aliphatic heterocycles. The van der Waals surface area contributed by atoms with Crippen LogP contribution in [0.3, 0.4) is 0 Å². The van der Waals surface area contributed by atoms with E-state index in [-0.39, 0.29) is 6.03 Å². The second-order valence-corrected chi connectivity index (χ2v) is 7.82. The Morgan fingerprint density at radius 1 is 1.10 bits per heavy atom. The first-order valence-corrected chi connectivity index (χ1v) is 9.70. The van der Waals surface area contributed by atoms with Crippen molar-refractivity contribution in [1.82, 2.24) is 10.4 Å². The lowest BCUT2D eigenvalue weighted by Crippen LogP contribution is -2.39. The summed E-state index contributed by atoms with van der Waals surface area (Å²) < 4.78 is 16.5. The molecule has 0 aliphatic rings. The number of nitrogens with one attached hydrogen (secondary N) is 2. The zero-order valence-electron chi connectivity index (χ0n) is 18.5. The number of primary amides is 1. The summed E-state index contributed by atoms with van der Waals surface area (Å²) in [7, 11) is 5.06. The number of methoxy groups -OCH3 is 1. The number of ether oxygens (including phenoxy) is 3. The Kier molecular flexibility index (Phi) is 8.23. The number of carbonyl (C=O) groups excluding carboxylic acids is 2. The van der Waals surface area contributed by atoms with Crippen LogP contribution in [0.4, 0.5) is 15.3 Å². The van der Waals surface area contributed by atoms with E-state index in [9.17, 15) is 9.59 Å². The van der Waals surface area contributed by atoms with E-state index in [2.05, 4.69) is 10.7 Å². The maximum Gasteiger partial charge on any atom is 0.405 e.